The number of nitrogens with one attached hydrogen (secondary N) is 2. The number of hydrogen-bond donors (Lipinski definition) is 2. The standard InChI is InChI=1S/C26H31N3O3/c1-18-9-11-20(12-10-18)26(32)29-15-5-8-21(17-29)24(30)28-23(25(31)27-22-13-14-22)16-19-6-3-2-4-7-19/h2-4,6-7,9-12,21-23H,5,8,13-17H2,1H3,(H,27,31)(H,28,30). The molecular formula is C26H31N3O3. The molecule has 0 spiro atoms. The number of carbonyl (C=O) groups excluding carboxylic acids is 3. The number of aryl methyl sites for hydroxylation is 1. The highest BCUT2D eigenvalue weighted by Crippen LogP contribution is 2.21. The van der Waals surface area contributed by atoms with Crippen molar-refractivity contribution < 1.29 is 14.4 Å². The Hall–Kier alpha value is -3.15. The fraction of sp³-hybridized carbons (Fsp3) is 0.423. The van der Waals surface area contributed by atoms with Gasteiger partial charge in [-0.25, -0.2) is 0 Å². The summed E-state index contributed by atoms with van der Waals surface area (Å²) < 4.78 is 0. The first-order valence-electron chi connectivity index (χ1n) is 11.5. The summed E-state index contributed by atoms with van der Waals surface area (Å²) in [6.45, 7) is 3.01. The van der Waals surface area contributed by atoms with Crippen LogP contribution in [-0.2, 0) is 16.0 Å². The molecule has 168 valence electrons. The molecule has 1 heterocycles. The van der Waals surface area contributed by atoms with Crippen molar-refractivity contribution in [1.29, 1.82) is 0 Å². The van der Waals surface area contributed by atoms with E-state index in [9.17, 15) is 14.4 Å². The lowest BCUT2D eigenvalue weighted by atomic mass is 9.95. The molecular weight excluding hydrogens is 402 g/mol. The molecule has 6 nitrogen and oxygen atoms in total. The van der Waals surface area contributed by atoms with E-state index in [0.717, 1.165) is 30.4 Å². The molecule has 2 fully saturated rings. The number of piperidine rings is 1. The Morgan fingerprint density at radius 2 is 1.72 bits per heavy atom. The van der Waals surface area contributed by atoms with Gasteiger partial charge in [0.05, 0.1) is 5.92 Å². The molecule has 32 heavy (non-hydrogen) atoms. The largest absolute Gasteiger partial charge is 0.352 e. The Labute approximate surface area is 189 Å². The third kappa shape index (κ3) is 5.75. The van der Waals surface area contributed by atoms with E-state index in [2.05, 4.69) is 10.6 Å². The molecule has 1 aliphatic carbocycles. The van der Waals surface area contributed by atoms with Gasteiger partial charge in [0.2, 0.25) is 11.8 Å². The summed E-state index contributed by atoms with van der Waals surface area (Å²) in [5, 5.41) is 6.00. The Morgan fingerprint density at radius 3 is 2.41 bits per heavy atom. The molecule has 2 atom stereocenters. The Bertz CT molecular complexity index is 954. The summed E-state index contributed by atoms with van der Waals surface area (Å²) in [6, 6.07) is 16.9. The van der Waals surface area contributed by atoms with Crippen LogP contribution >= 0.6 is 0 Å². The molecule has 0 radical (unpaired) electrons. The first-order valence-corrected chi connectivity index (χ1v) is 11.5. The third-order valence-electron chi connectivity index (χ3n) is 6.22. The zero-order valence-corrected chi connectivity index (χ0v) is 18.5. The number of hydrogen-bond acceptors (Lipinski definition) is 3. The lowest BCUT2D eigenvalue weighted by Gasteiger charge is -2.33. The number of rotatable bonds is 7. The summed E-state index contributed by atoms with van der Waals surface area (Å²) in [5.74, 6) is -0.647. The number of nitrogens with zero attached hydrogens (tertiary/aromatic N) is 1. The molecule has 1 saturated carbocycles. The SMILES string of the molecule is Cc1ccc(C(=O)N2CCCC(C(=O)NC(Cc3ccccc3)C(=O)NC3CC3)C2)cc1. The van der Waals surface area contributed by atoms with Gasteiger partial charge in [-0.2, -0.15) is 0 Å². The molecule has 0 bridgehead atoms. The number of benzene rings is 2. The van der Waals surface area contributed by atoms with Crippen molar-refractivity contribution in [3.8, 4) is 0 Å². The van der Waals surface area contributed by atoms with Crippen LogP contribution in [0, 0.1) is 12.8 Å². The Balaban J connectivity index is 1.40. The number of likely N-dealkylation sites (tertiary alicyclic amines) is 1. The average molecular weight is 434 g/mol. The van der Waals surface area contributed by atoms with Crippen molar-refractivity contribution in [3.63, 3.8) is 0 Å². The monoisotopic (exact) mass is 433 g/mol. The van der Waals surface area contributed by atoms with Gasteiger partial charge in [0, 0.05) is 31.1 Å². The van der Waals surface area contributed by atoms with Crippen LogP contribution in [0.25, 0.3) is 0 Å². The average Bonchev–Trinajstić information content (AvgIpc) is 3.63. The van der Waals surface area contributed by atoms with Crippen LogP contribution in [0.4, 0.5) is 0 Å². The molecule has 6 heteroatoms. The van der Waals surface area contributed by atoms with E-state index in [1.54, 1.807) is 4.90 Å². The van der Waals surface area contributed by atoms with E-state index in [0.29, 0.717) is 31.5 Å². The van der Waals surface area contributed by atoms with E-state index in [1.165, 1.54) is 0 Å². The molecule has 2 N–H and O–H groups in total. The molecule has 2 aromatic rings. The topological polar surface area (TPSA) is 78.5 Å². The van der Waals surface area contributed by atoms with Crippen molar-refractivity contribution in [1.82, 2.24) is 15.5 Å². The highest BCUT2D eigenvalue weighted by atomic mass is 16.2. The molecule has 4 rings (SSSR count). The fourth-order valence-corrected chi connectivity index (χ4v) is 4.13. The molecule has 3 amide bonds. The Kier molecular flexibility index (Phi) is 6.88. The summed E-state index contributed by atoms with van der Waals surface area (Å²) >= 11 is 0. The third-order valence-corrected chi connectivity index (χ3v) is 6.22. The summed E-state index contributed by atoms with van der Waals surface area (Å²) in [6.07, 6.45) is 3.93. The second-order valence-electron chi connectivity index (χ2n) is 8.99. The van der Waals surface area contributed by atoms with Crippen LogP contribution in [0.5, 0.6) is 0 Å². The van der Waals surface area contributed by atoms with Gasteiger partial charge in [-0.3, -0.25) is 14.4 Å². The van der Waals surface area contributed by atoms with Crippen molar-refractivity contribution in [2.45, 2.75) is 51.1 Å². The van der Waals surface area contributed by atoms with Gasteiger partial charge in [0.25, 0.3) is 5.91 Å². The first-order chi connectivity index (χ1) is 15.5. The van der Waals surface area contributed by atoms with E-state index < -0.39 is 6.04 Å². The minimum Gasteiger partial charge on any atom is -0.352 e. The van der Waals surface area contributed by atoms with Crippen LogP contribution < -0.4 is 10.6 Å². The predicted octanol–water partition coefficient (Wildman–Crippen LogP) is 2.85. The molecule has 2 aliphatic rings. The van der Waals surface area contributed by atoms with Gasteiger partial charge in [-0.15, -0.1) is 0 Å². The maximum absolute atomic E-state index is 13.1. The predicted molar refractivity (Wildman–Crippen MR) is 123 cm³/mol. The molecule has 2 aromatic carbocycles. The van der Waals surface area contributed by atoms with Crippen LogP contribution in [0.15, 0.2) is 54.6 Å². The summed E-state index contributed by atoms with van der Waals surface area (Å²) in [4.78, 5) is 40.6. The lowest BCUT2D eigenvalue weighted by molar-refractivity contribution is -0.132. The van der Waals surface area contributed by atoms with Crippen LogP contribution in [0.1, 0.15) is 47.2 Å². The second kappa shape index (κ2) is 9.98. The number of carbonyl (C=O) groups is 3. The summed E-state index contributed by atoms with van der Waals surface area (Å²) in [7, 11) is 0. The van der Waals surface area contributed by atoms with Gasteiger partial charge in [-0.05, 0) is 50.3 Å². The van der Waals surface area contributed by atoms with E-state index >= 15 is 0 Å². The van der Waals surface area contributed by atoms with E-state index in [-0.39, 0.29) is 29.7 Å². The lowest BCUT2D eigenvalue weighted by Crippen LogP contribution is -2.52. The van der Waals surface area contributed by atoms with Gasteiger partial charge < -0.3 is 15.5 Å². The van der Waals surface area contributed by atoms with Gasteiger partial charge >= 0.3 is 0 Å². The normalized spacial score (nSPS) is 19.2. The highest BCUT2D eigenvalue weighted by Gasteiger charge is 2.33. The molecule has 0 aromatic heterocycles. The minimum absolute atomic E-state index is 0.0465. The van der Waals surface area contributed by atoms with Crippen molar-refractivity contribution in [3.05, 3.63) is 71.3 Å². The zero-order valence-electron chi connectivity index (χ0n) is 18.5. The van der Waals surface area contributed by atoms with E-state index in [4.69, 9.17) is 0 Å². The quantitative estimate of drug-likeness (QED) is 0.705. The van der Waals surface area contributed by atoms with Crippen molar-refractivity contribution in [2.75, 3.05) is 13.1 Å². The van der Waals surface area contributed by atoms with Crippen LogP contribution in [-0.4, -0.2) is 47.8 Å². The van der Waals surface area contributed by atoms with Crippen molar-refractivity contribution >= 4 is 17.7 Å². The molecule has 1 saturated heterocycles. The maximum atomic E-state index is 13.1. The minimum atomic E-state index is -0.617. The van der Waals surface area contributed by atoms with Crippen molar-refractivity contribution in [2.24, 2.45) is 5.92 Å². The van der Waals surface area contributed by atoms with E-state index in [1.807, 2.05) is 61.5 Å². The maximum Gasteiger partial charge on any atom is 0.253 e. The van der Waals surface area contributed by atoms with Gasteiger partial charge in [-0.1, -0.05) is 48.0 Å². The Morgan fingerprint density at radius 1 is 1.00 bits per heavy atom. The highest BCUT2D eigenvalue weighted by molar-refractivity contribution is 5.95. The first kappa shape index (κ1) is 22.1. The van der Waals surface area contributed by atoms with Crippen LogP contribution in [0.3, 0.4) is 0 Å². The fourth-order valence-electron chi connectivity index (χ4n) is 4.13. The zero-order chi connectivity index (χ0) is 22.5. The molecule has 2 unspecified atom stereocenters. The summed E-state index contributed by atoms with van der Waals surface area (Å²) in [5.41, 5.74) is 2.75. The van der Waals surface area contributed by atoms with Gasteiger partial charge in [0.15, 0.2) is 0 Å². The van der Waals surface area contributed by atoms with Gasteiger partial charge in [0.1, 0.15) is 6.04 Å². The van der Waals surface area contributed by atoms with Crippen LogP contribution in [0.2, 0.25) is 0 Å². The smallest absolute Gasteiger partial charge is 0.253 e. The number of amides is 3. The second-order valence-corrected chi connectivity index (χ2v) is 8.99. The molecule has 1 aliphatic heterocycles.